The Morgan fingerprint density at radius 1 is 1.30 bits per heavy atom. The number of carbonyl (C=O) groups excluding carboxylic acids is 1. The number of hydrogen-bond acceptors (Lipinski definition) is 4. The highest BCUT2D eigenvalue weighted by Crippen LogP contribution is 2.12. The van der Waals surface area contributed by atoms with E-state index >= 15 is 0 Å². The van der Waals surface area contributed by atoms with Gasteiger partial charge < -0.3 is 4.42 Å². The molecule has 1 aromatic heterocycles. The first kappa shape index (κ1) is 14.5. The fourth-order valence-electron chi connectivity index (χ4n) is 1.73. The summed E-state index contributed by atoms with van der Waals surface area (Å²) in [5, 5.41) is 0. The zero-order valence-electron chi connectivity index (χ0n) is 11.0. The molecular weight excluding hydrogens is 278 g/mol. The maximum absolute atomic E-state index is 12.1. The van der Waals surface area contributed by atoms with E-state index in [1.165, 1.54) is 19.1 Å². The number of sulfonamides is 1. The van der Waals surface area contributed by atoms with E-state index < -0.39 is 10.0 Å². The van der Waals surface area contributed by atoms with Crippen LogP contribution in [0.3, 0.4) is 0 Å². The molecule has 0 bridgehead atoms. The van der Waals surface area contributed by atoms with Crippen molar-refractivity contribution in [2.24, 2.45) is 0 Å². The average molecular weight is 293 g/mol. The Morgan fingerprint density at radius 2 is 2.10 bits per heavy atom. The van der Waals surface area contributed by atoms with Crippen LogP contribution in [0.15, 0.2) is 52.2 Å². The number of carbonyl (C=O) groups is 1. The summed E-state index contributed by atoms with van der Waals surface area (Å²) in [6.07, 6.45) is 3.66. The molecule has 106 valence electrons. The van der Waals surface area contributed by atoms with Gasteiger partial charge in [0, 0.05) is 12.1 Å². The molecule has 1 aromatic carbocycles. The molecule has 0 saturated carbocycles. The minimum absolute atomic E-state index is 0.0948. The van der Waals surface area contributed by atoms with Gasteiger partial charge in [-0.2, -0.15) is 0 Å². The predicted molar refractivity (Wildman–Crippen MR) is 74.0 cm³/mol. The summed E-state index contributed by atoms with van der Waals surface area (Å²) in [4.78, 5) is 11.4. The molecule has 0 aliphatic rings. The summed E-state index contributed by atoms with van der Waals surface area (Å²) < 4.78 is 31.6. The van der Waals surface area contributed by atoms with Crippen LogP contribution in [-0.4, -0.2) is 20.7 Å². The van der Waals surface area contributed by atoms with E-state index in [1.807, 2.05) is 0 Å². The number of nitrogens with one attached hydrogen (secondary N) is 1. The van der Waals surface area contributed by atoms with Gasteiger partial charge in [0.25, 0.3) is 0 Å². The van der Waals surface area contributed by atoms with E-state index in [2.05, 4.69) is 4.72 Å². The van der Waals surface area contributed by atoms with Gasteiger partial charge in [0.2, 0.25) is 10.0 Å². The molecule has 2 aromatic rings. The lowest BCUT2D eigenvalue weighted by molar-refractivity contribution is 0.101. The van der Waals surface area contributed by atoms with Gasteiger partial charge in [0.1, 0.15) is 0 Å². The highest BCUT2D eigenvalue weighted by Gasteiger charge is 2.14. The van der Waals surface area contributed by atoms with Crippen molar-refractivity contribution in [1.29, 1.82) is 0 Å². The second-order valence-corrected chi connectivity index (χ2v) is 6.13. The zero-order chi connectivity index (χ0) is 14.6. The highest BCUT2D eigenvalue weighted by molar-refractivity contribution is 7.89. The van der Waals surface area contributed by atoms with Crippen molar-refractivity contribution in [3.05, 3.63) is 54.0 Å². The van der Waals surface area contributed by atoms with Gasteiger partial charge in [-0.3, -0.25) is 4.79 Å². The molecule has 20 heavy (non-hydrogen) atoms. The summed E-state index contributed by atoms with van der Waals surface area (Å²) >= 11 is 0. The first-order chi connectivity index (χ1) is 9.49. The fourth-order valence-corrected chi connectivity index (χ4v) is 2.81. The minimum Gasteiger partial charge on any atom is -0.472 e. The third-order valence-corrected chi connectivity index (χ3v) is 4.30. The second-order valence-electron chi connectivity index (χ2n) is 4.36. The van der Waals surface area contributed by atoms with Crippen LogP contribution in [0.4, 0.5) is 0 Å². The maximum atomic E-state index is 12.1. The molecule has 0 amide bonds. The molecule has 1 N–H and O–H groups in total. The summed E-state index contributed by atoms with van der Waals surface area (Å²) in [5.74, 6) is -0.166. The Kier molecular flexibility index (Phi) is 4.36. The van der Waals surface area contributed by atoms with Crippen LogP contribution in [0.2, 0.25) is 0 Å². The van der Waals surface area contributed by atoms with Crippen molar-refractivity contribution in [2.75, 3.05) is 6.54 Å². The Hall–Kier alpha value is -1.92. The van der Waals surface area contributed by atoms with Gasteiger partial charge in [-0.25, -0.2) is 13.1 Å². The van der Waals surface area contributed by atoms with Gasteiger partial charge >= 0.3 is 0 Å². The maximum Gasteiger partial charge on any atom is 0.240 e. The van der Waals surface area contributed by atoms with E-state index in [1.54, 1.807) is 30.7 Å². The number of Topliss-reactive ketones (excluding diaryl/α,β-unsaturated/α-hetero) is 1. The number of benzene rings is 1. The van der Waals surface area contributed by atoms with Crippen LogP contribution >= 0.6 is 0 Å². The van der Waals surface area contributed by atoms with Gasteiger partial charge in [0.05, 0.1) is 17.4 Å². The molecule has 0 saturated heterocycles. The molecule has 0 unspecified atom stereocenters. The molecule has 1 heterocycles. The van der Waals surface area contributed by atoms with Crippen molar-refractivity contribution in [2.45, 2.75) is 18.2 Å². The lowest BCUT2D eigenvalue weighted by Crippen LogP contribution is -2.26. The lowest BCUT2D eigenvalue weighted by Gasteiger charge is -2.07. The predicted octanol–water partition coefficient (Wildman–Crippen LogP) is 2.00. The van der Waals surface area contributed by atoms with Gasteiger partial charge in [-0.1, -0.05) is 12.1 Å². The van der Waals surface area contributed by atoms with Crippen LogP contribution < -0.4 is 4.72 Å². The topological polar surface area (TPSA) is 76.4 Å². The van der Waals surface area contributed by atoms with Crippen LogP contribution in [0.25, 0.3) is 0 Å². The highest BCUT2D eigenvalue weighted by atomic mass is 32.2. The van der Waals surface area contributed by atoms with Crippen LogP contribution in [0.1, 0.15) is 22.8 Å². The first-order valence-corrected chi connectivity index (χ1v) is 7.59. The Labute approximate surface area is 117 Å². The summed E-state index contributed by atoms with van der Waals surface area (Å²) in [7, 11) is -3.60. The molecular formula is C14H15NO4S. The Morgan fingerprint density at radius 3 is 2.75 bits per heavy atom. The van der Waals surface area contributed by atoms with Gasteiger partial charge in [0.15, 0.2) is 5.78 Å². The van der Waals surface area contributed by atoms with E-state index in [9.17, 15) is 13.2 Å². The normalized spacial score (nSPS) is 11.4. The van der Waals surface area contributed by atoms with E-state index in [0.717, 1.165) is 5.56 Å². The monoisotopic (exact) mass is 293 g/mol. The van der Waals surface area contributed by atoms with Crippen molar-refractivity contribution >= 4 is 15.8 Å². The van der Waals surface area contributed by atoms with E-state index in [4.69, 9.17) is 4.42 Å². The number of ketones is 1. The van der Waals surface area contributed by atoms with Crippen LogP contribution in [0, 0.1) is 0 Å². The zero-order valence-corrected chi connectivity index (χ0v) is 11.8. The third kappa shape index (κ3) is 3.55. The summed E-state index contributed by atoms with van der Waals surface area (Å²) in [6.45, 7) is 1.67. The Balaban J connectivity index is 2.06. The molecule has 0 spiro atoms. The lowest BCUT2D eigenvalue weighted by atomic mass is 10.2. The SMILES string of the molecule is CC(=O)c1cccc(S(=O)(=O)NCCc2ccoc2)c1. The third-order valence-electron chi connectivity index (χ3n) is 2.84. The summed E-state index contributed by atoms with van der Waals surface area (Å²) in [5.41, 5.74) is 1.30. The quantitative estimate of drug-likeness (QED) is 0.826. The summed E-state index contributed by atoms with van der Waals surface area (Å²) in [6, 6.07) is 7.77. The number of furan rings is 1. The smallest absolute Gasteiger partial charge is 0.240 e. The molecule has 0 aliphatic carbocycles. The van der Waals surface area contributed by atoms with Gasteiger partial charge in [-0.05, 0) is 37.1 Å². The van der Waals surface area contributed by atoms with Crippen molar-refractivity contribution in [3.8, 4) is 0 Å². The van der Waals surface area contributed by atoms with E-state index in [0.29, 0.717) is 12.0 Å². The molecule has 6 heteroatoms. The van der Waals surface area contributed by atoms with E-state index in [-0.39, 0.29) is 17.2 Å². The van der Waals surface area contributed by atoms with Crippen molar-refractivity contribution < 1.29 is 17.6 Å². The van der Waals surface area contributed by atoms with Crippen LogP contribution in [-0.2, 0) is 16.4 Å². The van der Waals surface area contributed by atoms with Gasteiger partial charge in [-0.15, -0.1) is 0 Å². The molecule has 0 fully saturated rings. The van der Waals surface area contributed by atoms with Crippen LogP contribution in [0.5, 0.6) is 0 Å². The van der Waals surface area contributed by atoms with Crippen molar-refractivity contribution in [3.63, 3.8) is 0 Å². The first-order valence-electron chi connectivity index (χ1n) is 6.11. The fraction of sp³-hybridized carbons (Fsp3) is 0.214. The van der Waals surface area contributed by atoms with Crippen molar-refractivity contribution in [1.82, 2.24) is 4.72 Å². The molecule has 0 aliphatic heterocycles. The number of rotatable bonds is 6. The second kappa shape index (κ2) is 6.02. The standard InChI is InChI=1S/C14H15NO4S/c1-11(16)13-3-2-4-14(9-13)20(17,18)15-7-5-12-6-8-19-10-12/h2-4,6,8-10,15H,5,7H2,1H3. The molecule has 0 atom stereocenters. The number of hydrogen-bond donors (Lipinski definition) is 1. The molecule has 2 rings (SSSR count). The molecule has 0 radical (unpaired) electrons. The Bertz CT molecular complexity index is 690. The minimum atomic E-state index is -3.60. The molecule has 5 nitrogen and oxygen atoms in total. The largest absolute Gasteiger partial charge is 0.472 e. The average Bonchev–Trinajstić information content (AvgIpc) is 2.92.